The zero-order chi connectivity index (χ0) is 29.4. The van der Waals surface area contributed by atoms with E-state index in [1.54, 1.807) is 0 Å². The molecule has 0 saturated heterocycles. The SMILES string of the molecule is CC/C=C\C/C=C\C/C=C\C/C=C\C/C=C\CCC(CC)C(=O)NCCNC(=O)Nc1ccc(O)c(C(=O)O)c1. The first-order valence-electron chi connectivity index (χ1n) is 14.0. The number of carboxylic acids is 1. The first-order chi connectivity index (χ1) is 19.4. The number of anilines is 1. The molecule has 1 atom stereocenters. The molecular formula is C32H45N3O5. The van der Waals surface area contributed by atoms with E-state index in [9.17, 15) is 19.5 Å². The Kier molecular flexibility index (Phi) is 18.5. The maximum absolute atomic E-state index is 12.5. The summed E-state index contributed by atoms with van der Waals surface area (Å²) in [6.07, 6.45) is 28.8. The molecule has 1 unspecified atom stereocenters. The van der Waals surface area contributed by atoms with Crippen molar-refractivity contribution in [1.29, 1.82) is 0 Å². The zero-order valence-corrected chi connectivity index (χ0v) is 23.8. The molecule has 0 bridgehead atoms. The summed E-state index contributed by atoms with van der Waals surface area (Å²) in [5.41, 5.74) is -0.0712. The Morgan fingerprint density at radius 1 is 0.800 bits per heavy atom. The molecule has 0 fully saturated rings. The van der Waals surface area contributed by atoms with Crippen LogP contribution >= 0.6 is 0 Å². The third-order valence-electron chi connectivity index (χ3n) is 5.90. The molecule has 0 aliphatic carbocycles. The van der Waals surface area contributed by atoms with E-state index >= 15 is 0 Å². The average Bonchev–Trinajstić information content (AvgIpc) is 2.93. The molecule has 0 saturated carbocycles. The largest absolute Gasteiger partial charge is 0.507 e. The number of carbonyl (C=O) groups excluding carboxylic acids is 2. The van der Waals surface area contributed by atoms with E-state index in [0.717, 1.165) is 51.4 Å². The predicted molar refractivity (Wildman–Crippen MR) is 163 cm³/mol. The number of allylic oxidation sites excluding steroid dienone is 10. The van der Waals surface area contributed by atoms with Crippen molar-refractivity contribution in [2.75, 3.05) is 18.4 Å². The van der Waals surface area contributed by atoms with Crippen LogP contribution in [-0.4, -0.2) is 41.2 Å². The fraction of sp³-hybridized carbons (Fsp3) is 0.406. The second kappa shape index (κ2) is 21.8. The van der Waals surface area contributed by atoms with Crippen molar-refractivity contribution in [1.82, 2.24) is 10.6 Å². The van der Waals surface area contributed by atoms with E-state index in [4.69, 9.17) is 5.11 Å². The van der Waals surface area contributed by atoms with E-state index in [-0.39, 0.29) is 41.9 Å². The highest BCUT2D eigenvalue weighted by atomic mass is 16.4. The number of carboxylic acid groups (broad SMARTS) is 1. The summed E-state index contributed by atoms with van der Waals surface area (Å²) >= 11 is 0. The number of carbonyl (C=O) groups is 3. The second-order valence-electron chi connectivity index (χ2n) is 9.10. The van der Waals surface area contributed by atoms with Gasteiger partial charge in [-0.05, 0) is 69.6 Å². The van der Waals surface area contributed by atoms with Gasteiger partial charge in [0.15, 0.2) is 0 Å². The Morgan fingerprint density at radius 3 is 1.90 bits per heavy atom. The quantitative estimate of drug-likeness (QED) is 0.0727. The van der Waals surface area contributed by atoms with Gasteiger partial charge >= 0.3 is 12.0 Å². The lowest BCUT2D eigenvalue weighted by Gasteiger charge is -2.14. The second-order valence-corrected chi connectivity index (χ2v) is 9.10. The smallest absolute Gasteiger partial charge is 0.339 e. The molecule has 0 aliphatic heterocycles. The minimum atomic E-state index is -1.30. The van der Waals surface area contributed by atoms with Gasteiger partial charge in [0, 0.05) is 24.7 Å². The van der Waals surface area contributed by atoms with E-state index < -0.39 is 12.0 Å². The zero-order valence-electron chi connectivity index (χ0n) is 23.8. The van der Waals surface area contributed by atoms with Gasteiger partial charge in [0.2, 0.25) is 5.91 Å². The van der Waals surface area contributed by atoms with Crippen molar-refractivity contribution in [3.05, 3.63) is 84.5 Å². The molecule has 0 aromatic heterocycles. The van der Waals surface area contributed by atoms with Crippen LogP contribution in [-0.2, 0) is 4.79 Å². The van der Waals surface area contributed by atoms with Gasteiger partial charge in [-0.3, -0.25) is 4.79 Å². The van der Waals surface area contributed by atoms with Crippen LogP contribution < -0.4 is 16.0 Å². The van der Waals surface area contributed by atoms with Crippen LogP contribution in [0.2, 0.25) is 0 Å². The highest BCUT2D eigenvalue weighted by Gasteiger charge is 2.15. The fourth-order valence-electron chi connectivity index (χ4n) is 3.65. The Hall–Kier alpha value is -4.07. The summed E-state index contributed by atoms with van der Waals surface area (Å²) in [4.78, 5) is 35.6. The van der Waals surface area contributed by atoms with Gasteiger partial charge in [0.05, 0.1) is 0 Å². The van der Waals surface area contributed by atoms with Gasteiger partial charge in [0.25, 0.3) is 0 Å². The summed E-state index contributed by atoms with van der Waals surface area (Å²) in [5, 5.41) is 26.5. The van der Waals surface area contributed by atoms with Crippen LogP contribution in [0.3, 0.4) is 0 Å². The van der Waals surface area contributed by atoms with Crippen molar-refractivity contribution in [3.8, 4) is 5.75 Å². The topological polar surface area (TPSA) is 128 Å². The fourth-order valence-corrected chi connectivity index (χ4v) is 3.65. The van der Waals surface area contributed by atoms with Crippen LogP contribution in [0.5, 0.6) is 5.75 Å². The van der Waals surface area contributed by atoms with Crippen LogP contribution in [0.25, 0.3) is 0 Å². The molecule has 0 heterocycles. The van der Waals surface area contributed by atoms with Crippen LogP contribution in [0.15, 0.2) is 79.0 Å². The molecule has 5 N–H and O–H groups in total. The van der Waals surface area contributed by atoms with Gasteiger partial charge in [-0.15, -0.1) is 0 Å². The van der Waals surface area contributed by atoms with Crippen molar-refractivity contribution in [3.63, 3.8) is 0 Å². The first-order valence-corrected chi connectivity index (χ1v) is 14.0. The normalized spacial score (nSPS) is 12.7. The molecule has 218 valence electrons. The van der Waals surface area contributed by atoms with Crippen LogP contribution in [0.1, 0.15) is 75.6 Å². The molecule has 3 amide bonds. The number of amides is 3. The van der Waals surface area contributed by atoms with Crippen LogP contribution in [0.4, 0.5) is 10.5 Å². The molecule has 8 nitrogen and oxygen atoms in total. The molecule has 0 radical (unpaired) electrons. The van der Waals surface area contributed by atoms with E-state index in [0.29, 0.717) is 0 Å². The molecule has 1 aromatic rings. The predicted octanol–water partition coefficient (Wildman–Crippen LogP) is 6.89. The van der Waals surface area contributed by atoms with Crippen molar-refractivity contribution >= 4 is 23.6 Å². The van der Waals surface area contributed by atoms with Crippen molar-refractivity contribution in [2.24, 2.45) is 5.92 Å². The lowest BCUT2D eigenvalue weighted by atomic mass is 9.99. The maximum Gasteiger partial charge on any atom is 0.339 e. The standard InChI is InChI=1S/C32H45N3O5/c1-3-5-6-7-8-9-10-11-12-13-14-15-16-17-18-19-20-26(4-2)30(37)33-23-24-34-32(40)35-27-21-22-29(36)28(25-27)31(38)39/h5-6,8-9,11-12,14-15,17-18,21-22,25-26,36H,3-4,7,10,13,16,19-20,23-24H2,1-2H3,(H,33,37)(H,38,39)(H2,34,35,40)/b6-5-,9-8-,12-11-,15-14-,18-17-. The van der Waals surface area contributed by atoms with Crippen molar-refractivity contribution in [2.45, 2.75) is 65.2 Å². The number of rotatable bonds is 19. The lowest BCUT2D eigenvalue weighted by Crippen LogP contribution is -2.38. The van der Waals surface area contributed by atoms with Gasteiger partial charge < -0.3 is 26.2 Å². The molecule has 0 spiro atoms. The Balaban J connectivity index is 2.18. The number of urea groups is 1. The van der Waals surface area contributed by atoms with Gasteiger partial charge in [-0.1, -0.05) is 74.6 Å². The average molecular weight is 552 g/mol. The van der Waals surface area contributed by atoms with Gasteiger partial charge in [-0.2, -0.15) is 0 Å². The molecule has 8 heteroatoms. The molecule has 1 rings (SSSR count). The Labute approximate surface area is 238 Å². The van der Waals surface area contributed by atoms with E-state index in [2.05, 4.69) is 83.6 Å². The lowest BCUT2D eigenvalue weighted by molar-refractivity contribution is -0.125. The molecule has 0 aliphatic rings. The van der Waals surface area contributed by atoms with E-state index in [1.807, 2.05) is 6.92 Å². The minimum absolute atomic E-state index is 0.0401. The summed E-state index contributed by atoms with van der Waals surface area (Å²) in [5.74, 6) is -1.81. The Bertz CT molecular complexity index is 1060. The number of nitrogens with one attached hydrogen (secondary N) is 3. The number of hydrogen-bond acceptors (Lipinski definition) is 4. The third kappa shape index (κ3) is 16.0. The van der Waals surface area contributed by atoms with E-state index in [1.165, 1.54) is 18.2 Å². The summed E-state index contributed by atoms with van der Waals surface area (Å²) in [6, 6.07) is 3.22. The first kappa shape index (κ1) is 34.0. The molecular weight excluding hydrogens is 506 g/mol. The number of aromatic hydroxyl groups is 1. The number of hydrogen-bond donors (Lipinski definition) is 5. The number of benzene rings is 1. The van der Waals surface area contributed by atoms with Gasteiger partial charge in [0.1, 0.15) is 11.3 Å². The number of phenols is 1. The summed E-state index contributed by atoms with van der Waals surface area (Å²) in [7, 11) is 0. The monoisotopic (exact) mass is 551 g/mol. The third-order valence-corrected chi connectivity index (χ3v) is 5.90. The maximum atomic E-state index is 12.5. The summed E-state index contributed by atoms with van der Waals surface area (Å²) < 4.78 is 0. The number of aromatic carboxylic acids is 1. The molecule has 1 aromatic carbocycles. The van der Waals surface area contributed by atoms with Gasteiger partial charge in [-0.25, -0.2) is 9.59 Å². The highest BCUT2D eigenvalue weighted by molar-refractivity contribution is 5.95. The minimum Gasteiger partial charge on any atom is -0.507 e. The molecule has 40 heavy (non-hydrogen) atoms. The Morgan fingerprint density at radius 2 is 1.35 bits per heavy atom. The highest BCUT2D eigenvalue weighted by Crippen LogP contribution is 2.21. The van der Waals surface area contributed by atoms with Crippen LogP contribution in [0, 0.1) is 5.92 Å². The summed E-state index contributed by atoms with van der Waals surface area (Å²) in [6.45, 7) is 4.61. The van der Waals surface area contributed by atoms with Crippen molar-refractivity contribution < 1.29 is 24.6 Å².